The monoisotopic (exact) mass is 382 g/mol. The average molecular weight is 382 g/mol. The topological polar surface area (TPSA) is 122 Å². The molecule has 28 heavy (non-hydrogen) atoms. The van der Waals surface area contributed by atoms with Crippen LogP contribution in [0.3, 0.4) is 0 Å². The van der Waals surface area contributed by atoms with Crippen LogP contribution >= 0.6 is 0 Å². The summed E-state index contributed by atoms with van der Waals surface area (Å²) in [7, 11) is 0. The lowest BCUT2D eigenvalue weighted by molar-refractivity contribution is 0.0857. The van der Waals surface area contributed by atoms with Crippen molar-refractivity contribution in [1.29, 1.82) is 0 Å². The van der Waals surface area contributed by atoms with E-state index in [4.69, 9.17) is 5.73 Å². The van der Waals surface area contributed by atoms with Crippen molar-refractivity contribution in [3.63, 3.8) is 0 Å². The fourth-order valence-corrected chi connectivity index (χ4v) is 3.34. The molecule has 1 fully saturated rings. The number of nitrogens with one attached hydrogen (secondary N) is 3. The van der Waals surface area contributed by atoms with E-state index in [2.05, 4.69) is 25.9 Å². The maximum atomic E-state index is 12.7. The number of hydrogen-bond acceptors (Lipinski definition) is 6. The maximum absolute atomic E-state index is 12.7. The molecule has 2 aromatic heterocycles. The van der Waals surface area contributed by atoms with Crippen LogP contribution in [-0.2, 0) is 0 Å². The number of pyridine rings is 2. The van der Waals surface area contributed by atoms with Crippen LogP contribution in [0.4, 0.5) is 5.69 Å². The van der Waals surface area contributed by atoms with Gasteiger partial charge in [-0.05, 0) is 37.1 Å². The molecular weight excluding hydrogens is 356 g/mol. The Hall–Kier alpha value is -3.00. The highest BCUT2D eigenvalue weighted by Crippen LogP contribution is 2.20. The van der Waals surface area contributed by atoms with Gasteiger partial charge >= 0.3 is 0 Å². The van der Waals surface area contributed by atoms with Crippen molar-refractivity contribution >= 4 is 17.5 Å². The van der Waals surface area contributed by atoms with E-state index in [-0.39, 0.29) is 23.9 Å². The summed E-state index contributed by atoms with van der Waals surface area (Å²) in [5.41, 5.74) is 7.01. The predicted molar refractivity (Wildman–Crippen MR) is 107 cm³/mol. The fraction of sp³-hybridized carbons (Fsp3) is 0.400. The second-order valence-electron chi connectivity index (χ2n) is 6.80. The van der Waals surface area contributed by atoms with Gasteiger partial charge in [-0.1, -0.05) is 18.9 Å². The zero-order valence-corrected chi connectivity index (χ0v) is 15.7. The van der Waals surface area contributed by atoms with Gasteiger partial charge in [-0.3, -0.25) is 19.6 Å². The Morgan fingerprint density at radius 1 is 0.964 bits per heavy atom. The van der Waals surface area contributed by atoms with Gasteiger partial charge in [0.25, 0.3) is 11.8 Å². The van der Waals surface area contributed by atoms with Crippen molar-refractivity contribution in [2.24, 2.45) is 5.73 Å². The molecule has 0 bridgehead atoms. The minimum Gasteiger partial charge on any atom is -0.384 e. The Morgan fingerprint density at radius 3 is 2.29 bits per heavy atom. The van der Waals surface area contributed by atoms with Crippen LogP contribution < -0.4 is 21.7 Å². The lowest BCUT2D eigenvalue weighted by Gasteiger charge is -2.32. The highest BCUT2D eigenvalue weighted by atomic mass is 16.2. The molecule has 1 aliphatic carbocycles. The molecule has 148 valence electrons. The van der Waals surface area contributed by atoms with Crippen LogP contribution in [0.5, 0.6) is 0 Å². The van der Waals surface area contributed by atoms with Crippen molar-refractivity contribution in [1.82, 2.24) is 20.6 Å². The van der Waals surface area contributed by atoms with Crippen molar-refractivity contribution in [3.8, 4) is 0 Å². The van der Waals surface area contributed by atoms with Crippen molar-refractivity contribution in [2.75, 3.05) is 18.4 Å². The van der Waals surface area contributed by atoms with E-state index >= 15 is 0 Å². The third kappa shape index (κ3) is 5.26. The molecule has 2 amide bonds. The molecule has 1 saturated carbocycles. The lowest BCUT2D eigenvalue weighted by atomic mass is 9.90. The third-order valence-electron chi connectivity index (χ3n) is 4.76. The molecular formula is C20H26N6O2. The molecule has 1 aliphatic rings. The van der Waals surface area contributed by atoms with Gasteiger partial charge in [-0.25, -0.2) is 0 Å². The van der Waals surface area contributed by atoms with Gasteiger partial charge in [0.2, 0.25) is 0 Å². The molecule has 0 radical (unpaired) electrons. The number of rotatable bonds is 7. The number of carbonyl (C=O) groups excluding carboxylic acids is 2. The Morgan fingerprint density at radius 2 is 1.64 bits per heavy atom. The van der Waals surface area contributed by atoms with Crippen molar-refractivity contribution in [3.05, 3.63) is 54.1 Å². The Balaban J connectivity index is 1.64. The van der Waals surface area contributed by atoms with Crippen LogP contribution in [0.25, 0.3) is 0 Å². The fourth-order valence-electron chi connectivity index (χ4n) is 3.34. The van der Waals surface area contributed by atoms with Crippen LogP contribution in [-0.4, -0.2) is 47.0 Å². The van der Waals surface area contributed by atoms with Gasteiger partial charge in [-0.2, -0.15) is 0 Å². The standard InChI is InChI=1S/C20H26N6O2/c21-9-12-22-14-8-11-24-18(13-14)20(28)26-16-6-2-1-5-15(16)25-19(27)17-7-3-4-10-23-17/h3-4,7-8,10-11,13,15-16H,1-2,5-6,9,12,21H2,(H,22,24)(H,25,27)(H,26,28)/t15-,16-/m1/s1. The minimum absolute atomic E-state index is 0.134. The molecule has 0 saturated heterocycles. The number of nitrogens with two attached hydrogens (primary N) is 1. The number of hydrogen-bond donors (Lipinski definition) is 4. The van der Waals surface area contributed by atoms with E-state index in [1.54, 1.807) is 42.7 Å². The minimum atomic E-state index is -0.250. The summed E-state index contributed by atoms with van der Waals surface area (Å²) in [6.45, 7) is 1.12. The van der Waals surface area contributed by atoms with Crippen LogP contribution in [0.2, 0.25) is 0 Å². The largest absolute Gasteiger partial charge is 0.384 e. The molecule has 0 aliphatic heterocycles. The molecule has 0 spiro atoms. The molecule has 2 atom stereocenters. The van der Waals surface area contributed by atoms with Gasteiger partial charge in [0, 0.05) is 43.3 Å². The van der Waals surface area contributed by atoms with Crippen LogP contribution in [0.15, 0.2) is 42.7 Å². The molecule has 3 rings (SSSR count). The van der Waals surface area contributed by atoms with Crippen LogP contribution in [0.1, 0.15) is 46.7 Å². The number of amides is 2. The van der Waals surface area contributed by atoms with Crippen molar-refractivity contribution < 1.29 is 9.59 Å². The smallest absolute Gasteiger partial charge is 0.270 e. The second-order valence-corrected chi connectivity index (χ2v) is 6.80. The third-order valence-corrected chi connectivity index (χ3v) is 4.76. The quantitative estimate of drug-likeness (QED) is 0.573. The number of anilines is 1. The summed E-state index contributed by atoms with van der Waals surface area (Å²) in [6.07, 6.45) is 6.82. The highest BCUT2D eigenvalue weighted by molar-refractivity contribution is 5.94. The average Bonchev–Trinajstić information content (AvgIpc) is 2.74. The van der Waals surface area contributed by atoms with E-state index < -0.39 is 0 Å². The van der Waals surface area contributed by atoms with Gasteiger partial charge in [0.05, 0.1) is 0 Å². The second kappa shape index (κ2) is 9.80. The number of aromatic nitrogens is 2. The van der Waals surface area contributed by atoms with Gasteiger partial charge in [0.1, 0.15) is 11.4 Å². The molecule has 8 heteroatoms. The van der Waals surface area contributed by atoms with E-state index in [1.165, 1.54) is 0 Å². The van der Waals surface area contributed by atoms with Crippen molar-refractivity contribution in [2.45, 2.75) is 37.8 Å². The Bertz CT molecular complexity index is 798. The maximum Gasteiger partial charge on any atom is 0.270 e. The SMILES string of the molecule is NCCNc1ccnc(C(=O)N[C@@H]2CCCC[C@H]2NC(=O)c2ccccn2)c1. The normalized spacial score (nSPS) is 18.9. The molecule has 0 aromatic carbocycles. The molecule has 2 aromatic rings. The van der Waals surface area contributed by atoms with Crippen LogP contribution in [0, 0.1) is 0 Å². The predicted octanol–water partition coefficient (Wildman–Crippen LogP) is 1.32. The zero-order chi connectivity index (χ0) is 19.8. The van der Waals surface area contributed by atoms with E-state index in [0.29, 0.717) is 24.5 Å². The van der Waals surface area contributed by atoms with E-state index in [9.17, 15) is 9.59 Å². The molecule has 8 nitrogen and oxygen atoms in total. The summed E-state index contributed by atoms with van der Waals surface area (Å²) in [6, 6.07) is 8.44. The summed E-state index contributed by atoms with van der Waals surface area (Å²) < 4.78 is 0. The summed E-state index contributed by atoms with van der Waals surface area (Å²) >= 11 is 0. The zero-order valence-electron chi connectivity index (χ0n) is 15.7. The number of carbonyl (C=O) groups is 2. The molecule has 2 heterocycles. The van der Waals surface area contributed by atoms with E-state index in [0.717, 1.165) is 31.4 Å². The lowest BCUT2D eigenvalue weighted by Crippen LogP contribution is -2.53. The summed E-state index contributed by atoms with van der Waals surface area (Å²) in [5, 5.41) is 9.19. The number of nitrogens with zero attached hydrogens (tertiary/aromatic N) is 2. The van der Waals surface area contributed by atoms with Gasteiger partial charge in [-0.15, -0.1) is 0 Å². The first-order valence-corrected chi connectivity index (χ1v) is 9.60. The highest BCUT2D eigenvalue weighted by Gasteiger charge is 2.29. The first-order chi connectivity index (χ1) is 13.7. The Labute approximate surface area is 164 Å². The van der Waals surface area contributed by atoms with E-state index in [1.807, 2.05) is 0 Å². The van der Waals surface area contributed by atoms with Gasteiger partial charge in [0.15, 0.2) is 0 Å². The summed E-state index contributed by atoms with van der Waals surface area (Å²) in [5.74, 6) is -0.474. The summed E-state index contributed by atoms with van der Waals surface area (Å²) in [4.78, 5) is 33.4. The molecule has 5 N–H and O–H groups in total. The molecule has 0 unspecified atom stereocenters. The first-order valence-electron chi connectivity index (χ1n) is 9.60. The Kier molecular flexibility index (Phi) is 6.91. The van der Waals surface area contributed by atoms with Gasteiger partial charge < -0.3 is 21.7 Å². The first kappa shape index (κ1) is 19.8.